The zero-order chi connectivity index (χ0) is 13.9. The first-order valence-corrected chi connectivity index (χ1v) is 6.40. The van der Waals surface area contributed by atoms with Crippen LogP contribution < -0.4 is 11.1 Å². The van der Waals surface area contributed by atoms with Crippen LogP contribution in [0.15, 0.2) is 24.3 Å². The maximum absolute atomic E-state index is 11.9. The van der Waals surface area contributed by atoms with E-state index in [2.05, 4.69) is 5.32 Å². The lowest BCUT2D eigenvalue weighted by Crippen LogP contribution is -2.46. The highest BCUT2D eigenvalue weighted by Crippen LogP contribution is 2.17. The molecule has 5 nitrogen and oxygen atoms in total. The van der Waals surface area contributed by atoms with E-state index in [-0.39, 0.29) is 19.1 Å². The third-order valence-electron chi connectivity index (χ3n) is 3.39. The first-order valence-electron chi connectivity index (χ1n) is 6.40. The number of hydrogen-bond donors (Lipinski definition) is 3. The van der Waals surface area contributed by atoms with Crippen molar-refractivity contribution in [1.29, 1.82) is 0 Å². The van der Waals surface area contributed by atoms with Crippen LogP contribution in [0.25, 0.3) is 0 Å². The molecule has 1 amide bonds. The molecule has 0 aromatic heterocycles. The third-order valence-corrected chi connectivity index (χ3v) is 3.39. The molecule has 2 unspecified atom stereocenters. The third kappa shape index (κ3) is 3.53. The van der Waals surface area contributed by atoms with E-state index in [0.29, 0.717) is 13.0 Å². The summed E-state index contributed by atoms with van der Waals surface area (Å²) in [6.07, 6.45) is 0.535. The second-order valence-corrected chi connectivity index (χ2v) is 5.13. The Labute approximate surface area is 112 Å². The fraction of sp³-hybridized carbons (Fsp3) is 0.500. The molecule has 1 heterocycles. The van der Waals surface area contributed by atoms with E-state index in [1.807, 2.05) is 31.2 Å². The molecule has 1 fully saturated rings. The van der Waals surface area contributed by atoms with Crippen molar-refractivity contribution >= 4 is 5.91 Å². The number of nitrogens with two attached hydrogens (primary N) is 1. The van der Waals surface area contributed by atoms with Crippen molar-refractivity contribution in [1.82, 2.24) is 5.32 Å². The standard InChI is InChI=1S/C14H20N2O3/c1-10-2-4-11(5-3-10)12(15)13(17)16-8-14(18)6-7-19-9-14/h2-5,12,18H,6-9,15H2,1H3,(H,16,17). The van der Waals surface area contributed by atoms with Crippen LogP contribution in [-0.2, 0) is 9.53 Å². The SMILES string of the molecule is Cc1ccc(C(N)C(=O)NCC2(O)CCOC2)cc1. The summed E-state index contributed by atoms with van der Waals surface area (Å²) in [7, 11) is 0. The Morgan fingerprint density at radius 2 is 2.21 bits per heavy atom. The van der Waals surface area contributed by atoms with Gasteiger partial charge in [-0.3, -0.25) is 4.79 Å². The zero-order valence-corrected chi connectivity index (χ0v) is 11.1. The molecule has 0 bridgehead atoms. The van der Waals surface area contributed by atoms with E-state index >= 15 is 0 Å². The molecule has 1 aliphatic heterocycles. The Bertz CT molecular complexity index is 439. The predicted octanol–water partition coefficient (Wildman–Crippen LogP) is 0.262. The van der Waals surface area contributed by atoms with Crippen LogP contribution >= 0.6 is 0 Å². The average Bonchev–Trinajstić information content (AvgIpc) is 2.83. The Morgan fingerprint density at radius 3 is 2.79 bits per heavy atom. The zero-order valence-electron chi connectivity index (χ0n) is 11.1. The molecular weight excluding hydrogens is 244 g/mol. The fourth-order valence-electron chi connectivity index (χ4n) is 2.02. The lowest BCUT2D eigenvalue weighted by molar-refractivity contribution is -0.123. The molecule has 0 aliphatic carbocycles. The van der Waals surface area contributed by atoms with Gasteiger partial charge < -0.3 is 20.9 Å². The van der Waals surface area contributed by atoms with E-state index in [1.165, 1.54) is 0 Å². The number of rotatable bonds is 4. The molecule has 1 aliphatic rings. The molecule has 0 spiro atoms. The van der Waals surface area contributed by atoms with Gasteiger partial charge in [-0.2, -0.15) is 0 Å². The van der Waals surface area contributed by atoms with Gasteiger partial charge >= 0.3 is 0 Å². The van der Waals surface area contributed by atoms with Gasteiger partial charge in [-0.15, -0.1) is 0 Å². The summed E-state index contributed by atoms with van der Waals surface area (Å²) in [5.41, 5.74) is 6.82. The molecule has 4 N–H and O–H groups in total. The lowest BCUT2D eigenvalue weighted by atomic mass is 10.0. The molecule has 2 rings (SSSR count). The summed E-state index contributed by atoms with van der Waals surface area (Å²) < 4.78 is 5.12. The van der Waals surface area contributed by atoms with Crippen molar-refractivity contribution in [3.05, 3.63) is 35.4 Å². The van der Waals surface area contributed by atoms with Gasteiger partial charge in [-0.05, 0) is 12.5 Å². The van der Waals surface area contributed by atoms with Crippen LogP contribution in [0.5, 0.6) is 0 Å². The number of nitrogens with one attached hydrogen (secondary N) is 1. The highest BCUT2D eigenvalue weighted by Gasteiger charge is 2.33. The minimum absolute atomic E-state index is 0.172. The van der Waals surface area contributed by atoms with Crippen molar-refractivity contribution in [2.24, 2.45) is 5.73 Å². The lowest BCUT2D eigenvalue weighted by Gasteiger charge is -2.22. The fourth-order valence-corrected chi connectivity index (χ4v) is 2.02. The summed E-state index contributed by atoms with van der Waals surface area (Å²) in [6.45, 7) is 2.93. The van der Waals surface area contributed by atoms with Crippen LogP contribution in [0.1, 0.15) is 23.6 Å². The number of hydrogen-bond acceptors (Lipinski definition) is 4. The number of aliphatic hydroxyl groups is 1. The van der Waals surface area contributed by atoms with Crippen LogP contribution in [0, 0.1) is 6.92 Å². The molecular formula is C14H20N2O3. The maximum Gasteiger partial charge on any atom is 0.241 e. The Balaban J connectivity index is 1.90. The number of carbonyl (C=O) groups is 1. The van der Waals surface area contributed by atoms with E-state index in [1.54, 1.807) is 0 Å². The van der Waals surface area contributed by atoms with Crippen LogP contribution in [0.2, 0.25) is 0 Å². The minimum Gasteiger partial charge on any atom is -0.386 e. The first-order chi connectivity index (χ1) is 9.00. The van der Waals surface area contributed by atoms with Crippen molar-refractivity contribution in [3.8, 4) is 0 Å². The Morgan fingerprint density at radius 1 is 1.53 bits per heavy atom. The van der Waals surface area contributed by atoms with E-state index < -0.39 is 11.6 Å². The normalized spacial score (nSPS) is 24.2. The second-order valence-electron chi connectivity index (χ2n) is 5.13. The molecule has 2 atom stereocenters. The largest absolute Gasteiger partial charge is 0.386 e. The quantitative estimate of drug-likeness (QED) is 0.728. The van der Waals surface area contributed by atoms with Gasteiger partial charge in [0.25, 0.3) is 0 Å². The molecule has 1 saturated heterocycles. The molecule has 5 heteroatoms. The van der Waals surface area contributed by atoms with E-state index in [0.717, 1.165) is 11.1 Å². The van der Waals surface area contributed by atoms with Gasteiger partial charge in [0.1, 0.15) is 11.6 Å². The van der Waals surface area contributed by atoms with Gasteiger partial charge in [-0.25, -0.2) is 0 Å². The Kier molecular flexibility index (Phi) is 4.19. The van der Waals surface area contributed by atoms with Crippen LogP contribution in [0.4, 0.5) is 0 Å². The second kappa shape index (κ2) is 5.69. The van der Waals surface area contributed by atoms with Crippen molar-refractivity contribution in [3.63, 3.8) is 0 Å². The number of ether oxygens (including phenoxy) is 1. The average molecular weight is 264 g/mol. The van der Waals surface area contributed by atoms with Crippen molar-refractivity contribution in [2.75, 3.05) is 19.8 Å². The molecule has 104 valence electrons. The molecule has 0 saturated carbocycles. The van der Waals surface area contributed by atoms with Crippen molar-refractivity contribution < 1.29 is 14.6 Å². The molecule has 1 aromatic rings. The van der Waals surface area contributed by atoms with Crippen LogP contribution in [0.3, 0.4) is 0 Å². The molecule has 19 heavy (non-hydrogen) atoms. The summed E-state index contributed by atoms with van der Waals surface area (Å²) in [6, 6.07) is 6.80. The number of carbonyl (C=O) groups excluding carboxylic acids is 1. The maximum atomic E-state index is 11.9. The molecule has 0 radical (unpaired) electrons. The molecule has 1 aromatic carbocycles. The number of amides is 1. The Hall–Kier alpha value is -1.43. The predicted molar refractivity (Wildman–Crippen MR) is 71.5 cm³/mol. The monoisotopic (exact) mass is 264 g/mol. The van der Waals surface area contributed by atoms with Gasteiger partial charge in [0.2, 0.25) is 5.91 Å². The first kappa shape index (κ1) is 14.0. The highest BCUT2D eigenvalue weighted by atomic mass is 16.5. The summed E-state index contributed by atoms with van der Waals surface area (Å²) in [5.74, 6) is -0.288. The van der Waals surface area contributed by atoms with Gasteiger partial charge in [0.15, 0.2) is 0 Å². The summed E-state index contributed by atoms with van der Waals surface area (Å²) >= 11 is 0. The van der Waals surface area contributed by atoms with E-state index in [9.17, 15) is 9.90 Å². The number of benzene rings is 1. The van der Waals surface area contributed by atoms with Gasteiger partial charge in [-0.1, -0.05) is 29.8 Å². The highest BCUT2D eigenvalue weighted by molar-refractivity contribution is 5.83. The van der Waals surface area contributed by atoms with Gasteiger partial charge in [0, 0.05) is 19.6 Å². The summed E-state index contributed by atoms with van der Waals surface area (Å²) in [4.78, 5) is 11.9. The van der Waals surface area contributed by atoms with Gasteiger partial charge in [0.05, 0.1) is 6.61 Å². The van der Waals surface area contributed by atoms with E-state index in [4.69, 9.17) is 10.5 Å². The van der Waals surface area contributed by atoms with Crippen molar-refractivity contribution in [2.45, 2.75) is 25.0 Å². The topological polar surface area (TPSA) is 84.6 Å². The smallest absolute Gasteiger partial charge is 0.241 e. The summed E-state index contributed by atoms with van der Waals surface area (Å²) in [5, 5.41) is 12.7. The minimum atomic E-state index is -0.956. The number of aryl methyl sites for hydroxylation is 1. The van der Waals surface area contributed by atoms with Crippen LogP contribution in [-0.4, -0.2) is 36.4 Å².